The van der Waals surface area contributed by atoms with Crippen molar-refractivity contribution in [3.8, 4) is 0 Å². The second kappa shape index (κ2) is 7.25. The van der Waals surface area contributed by atoms with Gasteiger partial charge in [-0.3, -0.25) is 9.59 Å². The Labute approximate surface area is 111 Å². The molecule has 0 radical (unpaired) electrons. The molecule has 2 rings (SSSR count). The van der Waals surface area contributed by atoms with Crippen LogP contribution in [0.3, 0.4) is 0 Å². The summed E-state index contributed by atoms with van der Waals surface area (Å²) in [6.07, 6.45) is 5.80. The first-order valence-corrected chi connectivity index (χ1v) is 6.06. The van der Waals surface area contributed by atoms with Crippen LogP contribution in [0.2, 0.25) is 0 Å². The number of aldehydes is 2. The Morgan fingerprint density at radius 2 is 1.89 bits per heavy atom. The standard InChI is InChI=1S/C8H12N2O.C5H6N2O/c1-3-4-10-6-9-8(5-11)7(10)2;1-4-5(2-8)7-3-6-4/h5-6H,3-4H2,1-2H3;2-3H,1H3,(H,6,7). The molecule has 0 bridgehead atoms. The van der Waals surface area contributed by atoms with E-state index in [0.717, 1.165) is 36.9 Å². The zero-order chi connectivity index (χ0) is 14.3. The monoisotopic (exact) mass is 262 g/mol. The first-order valence-electron chi connectivity index (χ1n) is 6.06. The van der Waals surface area contributed by atoms with E-state index in [0.29, 0.717) is 11.4 Å². The van der Waals surface area contributed by atoms with Crippen molar-refractivity contribution in [3.05, 3.63) is 35.4 Å². The van der Waals surface area contributed by atoms with Crippen molar-refractivity contribution >= 4 is 12.6 Å². The van der Waals surface area contributed by atoms with Crippen LogP contribution in [0.1, 0.15) is 45.7 Å². The lowest BCUT2D eigenvalue weighted by atomic mass is 10.3. The molecule has 2 aromatic heterocycles. The molecule has 0 aromatic carbocycles. The number of carbonyl (C=O) groups excluding carboxylic acids is 2. The molecule has 6 heteroatoms. The summed E-state index contributed by atoms with van der Waals surface area (Å²) in [4.78, 5) is 30.8. The van der Waals surface area contributed by atoms with E-state index in [-0.39, 0.29) is 0 Å². The number of hydrogen-bond acceptors (Lipinski definition) is 4. The van der Waals surface area contributed by atoms with Crippen molar-refractivity contribution in [1.82, 2.24) is 19.5 Å². The van der Waals surface area contributed by atoms with Crippen LogP contribution in [-0.2, 0) is 6.54 Å². The minimum absolute atomic E-state index is 0.491. The number of aromatic nitrogens is 4. The van der Waals surface area contributed by atoms with Crippen LogP contribution < -0.4 is 0 Å². The van der Waals surface area contributed by atoms with Gasteiger partial charge in [0.05, 0.1) is 12.7 Å². The number of nitrogens with zero attached hydrogens (tertiary/aromatic N) is 3. The molecule has 6 nitrogen and oxygen atoms in total. The maximum absolute atomic E-state index is 10.4. The molecule has 0 saturated carbocycles. The Morgan fingerprint density at radius 3 is 2.26 bits per heavy atom. The van der Waals surface area contributed by atoms with E-state index >= 15 is 0 Å². The third-order valence-corrected chi connectivity index (χ3v) is 2.69. The summed E-state index contributed by atoms with van der Waals surface area (Å²) < 4.78 is 1.99. The van der Waals surface area contributed by atoms with Gasteiger partial charge in [-0.25, -0.2) is 9.97 Å². The van der Waals surface area contributed by atoms with Gasteiger partial charge in [0, 0.05) is 17.9 Å². The topological polar surface area (TPSA) is 80.6 Å². The van der Waals surface area contributed by atoms with Gasteiger partial charge < -0.3 is 9.55 Å². The van der Waals surface area contributed by atoms with Crippen molar-refractivity contribution in [1.29, 1.82) is 0 Å². The zero-order valence-electron chi connectivity index (χ0n) is 11.4. The van der Waals surface area contributed by atoms with Gasteiger partial charge in [-0.15, -0.1) is 0 Å². The van der Waals surface area contributed by atoms with Gasteiger partial charge >= 0.3 is 0 Å². The summed E-state index contributed by atoms with van der Waals surface area (Å²) in [6.45, 7) is 6.75. The molecule has 0 aliphatic carbocycles. The maximum atomic E-state index is 10.4. The average Bonchev–Trinajstić information content (AvgIpc) is 2.98. The van der Waals surface area contributed by atoms with E-state index in [1.807, 2.05) is 11.5 Å². The minimum atomic E-state index is 0.491. The van der Waals surface area contributed by atoms with E-state index in [9.17, 15) is 9.59 Å². The van der Waals surface area contributed by atoms with Crippen molar-refractivity contribution in [3.63, 3.8) is 0 Å². The summed E-state index contributed by atoms with van der Waals surface area (Å²) in [5.41, 5.74) is 2.82. The number of hydrogen-bond donors (Lipinski definition) is 1. The summed E-state index contributed by atoms with van der Waals surface area (Å²) in [6, 6.07) is 0. The highest BCUT2D eigenvalue weighted by molar-refractivity contribution is 5.73. The Kier molecular flexibility index (Phi) is 5.66. The van der Waals surface area contributed by atoms with Crippen LogP contribution in [0.25, 0.3) is 0 Å². The SMILES string of the molecule is CCCn1cnc(C=O)c1C.Cc1[nH]cnc1C=O. The molecule has 0 saturated heterocycles. The quantitative estimate of drug-likeness (QED) is 0.854. The molecule has 0 atom stereocenters. The van der Waals surface area contributed by atoms with Crippen molar-refractivity contribution < 1.29 is 9.59 Å². The molecule has 0 aliphatic rings. The fraction of sp³-hybridized carbons (Fsp3) is 0.385. The maximum Gasteiger partial charge on any atom is 0.170 e. The predicted molar refractivity (Wildman–Crippen MR) is 71.4 cm³/mol. The van der Waals surface area contributed by atoms with E-state index in [4.69, 9.17) is 0 Å². The van der Waals surface area contributed by atoms with Gasteiger partial charge in [0.25, 0.3) is 0 Å². The van der Waals surface area contributed by atoms with Gasteiger partial charge in [0.2, 0.25) is 0 Å². The number of aryl methyl sites for hydroxylation is 2. The number of nitrogens with one attached hydrogen (secondary N) is 1. The number of imidazole rings is 2. The minimum Gasteiger partial charge on any atom is -0.348 e. The van der Waals surface area contributed by atoms with Crippen LogP contribution >= 0.6 is 0 Å². The van der Waals surface area contributed by atoms with Crippen molar-refractivity contribution in [2.24, 2.45) is 0 Å². The lowest BCUT2D eigenvalue weighted by molar-refractivity contribution is 0.111. The van der Waals surface area contributed by atoms with Gasteiger partial charge in [0.15, 0.2) is 12.6 Å². The number of rotatable bonds is 4. The van der Waals surface area contributed by atoms with Crippen LogP contribution in [0.5, 0.6) is 0 Å². The smallest absolute Gasteiger partial charge is 0.170 e. The third-order valence-electron chi connectivity index (χ3n) is 2.69. The Balaban J connectivity index is 0.000000200. The normalized spacial score (nSPS) is 9.63. The second-order valence-electron chi connectivity index (χ2n) is 4.06. The van der Waals surface area contributed by atoms with E-state index in [2.05, 4.69) is 21.9 Å². The lowest BCUT2D eigenvalue weighted by Gasteiger charge is -2.00. The molecular formula is C13H18N4O2. The molecule has 0 aliphatic heterocycles. The first-order chi connectivity index (χ1) is 9.13. The van der Waals surface area contributed by atoms with Crippen molar-refractivity contribution in [2.75, 3.05) is 0 Å². The van der Waals surface area contributed by atoms with Crippen LogP contribution in [0.4, 0.5) is 0 Å². The fourth-order valence-electron chi connectivity index (χ4n) is 1.53. The fourth-order valence-corrected chi connectivity index (χ4v) is 1.53. The first kappa shape index (κ1) is 14.8. The molecule has 0 unspecified atom stereocenters. The molecule has 2 heterocycles. The lowest BCUT2D eigenvalue weighted by Crippen LogP contribution is -1.97. The van der Waals surface area contributed by atoms with Crippen molar-refractivity contribution in [2.45, 2.75) is 33.7 Å². The summed E-state index contributed by atoms with van der Waals surface area (Å²) >= 11 is 0. The number of H-pyrrole nitrogens is 1. The highest BCUT2D eigenvalue weighted by atomic mass is 16.1. The van der Waals surface area contributed by atoms with Crippen LogP contribution in [0, 0.1) is 13.8 Å². The van der Waals surface area contributed by atoms with E-state index in [1.165, 1.54) is 6.33 Å². The van der Waals surface area contributed by atoms with Gasteiger partial charge in [0.1, 0.15) is 11.4 Å². The van der Waals surface area contributed by atoms with Crippen LogP contribution in [-0.4, -0.2) is 32.1 Å². The van der Waals surface area contributed by atoms with Gasteiger partial charge in [-0.05, 0) is 20.3 Å². The highest BCUT2D eigenvalue weighted by Crippen LogP contribution is 2.03. The summed E-state index contributed by atoms with van der Waals surface area (Å²) in [5, 5.41) is 0. The number of aromatic amines is 1. The Morgan fingerprint density at radius 1 is 1.21 bits per heavy atom. The summed E-state index contributed by atoms with van der Waals surface area (Å²) in [7, 11) is 0. The largest absolute Gasteiger partial charge is 0.348 e. The van der Waals surface area contributed by atoms with Gasteiger partial charge in [-0.1, -0.05) is 6.92 Å². The molecule has 1 N–H and O–H groups in total. The molecule has 2 aromatic rings. The zero-order valence-corrected chi connectivity index (χ0v) is 11.4. The highest BCUT2D eigenvalue weighted by Gasteiger charge is 2.02. The molecule has 0 amide bonds. The van der Waals surface area contributed by atoms with E-state index in [1.54, 1.807) is 13.3 Å². The second-order valence-corrected chi connectivity index (χ2v) is 4.06. The molecule has 0 fully saturated rings. The Hall–Kier alpha value is -2.24. The molecular weight excluding hydrogens is 244 g/mol. The summed E-state index contributed by atoms with van der Waals surface area (Å²) in [5.74, 6) is 0. The third kappa shape index (κ3) is 3.87. The van der Waals surface area contributed by atoms with Crippen LogP contribution in [0.15, 0.2) is 12.7 Å². The molecule has 102 valence electrons. The Bertz CT molecular complexity index is 543. The molecule has 19 heavy (non-hydrogen) atoms. The molecule has 0 spiro atoms. The van der Waals surface area contributed by atoms with E-state index < -0.39 is 0 Å². The predicted octanol–water partition coefficient (Wildman–Crippen LogP) is 1.94. The van der Waals surface area contributed by atoms with Gasteiger partial charge in [-0.2, -0.15) is 0 Å². The average molecular weight is 262 g/mol. The number of carbonyl (C=O) groups is 2.